The van der Waals surface area contributed by atoms with Crippen LogP contribution in [-0.2, 0) is 10.1 Å². The highest BCUT2D eigenvalue weighted by atomic mass is 35.5. The number of rotatable bonds is 2. The van der Waals surface area contributed by atoms with Gasteiger partial charge in [0.25, 0.3) is 10.1 Å². The van der Waals surface area contributed by atoms with E-state index in [2.05, 4.69) is 5.32 Å². The third-order valence-electron chi connectivity index (χ3n) is 1.79. The minimum atomic E-state index is -4.23. The van der Waals surface area contributed by atoms with Crippen molar-refractivity contribution in [1.82, 2.24) is 9.74 Å². The summed E-state index contributed by atoms with van der Waals surface area (Å²) in [6, 6.07) is -0.696. The fourth-order valence-corrected chi connectivity index (χ4v) is 2.75. The molecular formula is C5H8Cl2N2O4S. The number of halogens is 2. The van der Waals surface area contributed by atoms with Gasteiger partial charge >= 0.3 is 6.03 Å². The quantitative estimate of drug-likeness (QED) is 0.326. The van der Waals surface area contributed by atoms with Gasteiger partial charge in [-0.1, -0.05) is 11.6 Å². The van der Waals surface area contributed by atoms with Crippen LogP contribution in [-0.4, -0.2) is 40.2 Å². The molecule has 2 atom stereocenters. The Morgan fingerprint density at radius 2 is 2.21 bits per heavy atom. The van der Waals surface area contributed by atoms with Crippen molar-refractivity contribution in [3.8, 4) is 0 Å². The Bertz CT molecular complexity index is 359. The van der Waals surface area contributed by atoms with E-state index in [1.807, 2.05) is 0 Å². The molecule has 0 aliphatic carbocycles. The number of amides is 2. The Morgan fingerprint density at radius 3 is 2.50 bits per heavy atom. The molecule has 1 saturated heterocycles. The highest BCUT2D eigenvalue weighted by molar-refractivity contribution is 7.85. The topological polar surface area (TPSA) is 86.7 Å². The summed E-state index contributed by atoms with van der Waals surface area (Å²) in [6.45, 7) is 1.37. The van der Waals surface area contributed by atoms with E-state index in [1.165, 1.54) is 6.92 Å². The van der Waals surface area contributed by atoms with Gasteiger partial charge in [-0.3, -0.25) is 4.55 Å². The van der Waals surface area contributed by atoms with Crippen molar-refractivity contribution in [3.05, 3.63) is 0 Å². The van der Waals surface area contributed by atoms with Crippen molar-refractivity contribution in [3.63, 3.8) is 0 Å². The summed E-state index contributed by atoms with van der Waals surface area (Å²) in [5.74, 6) is -0.691. The summed E-state index contributed by atoms with van der Waals surface area (Å²) >= 11 is 11.1. The summed E-state index contributed by atoms with van der Waals surface area (Å²) in [5.41, 5.74) is -2.34. The van der Waals surface area contributed by atoms with Gasteiger partial charge in [0.1, 0.15) is 11.3 Å². The first kappa shape index (κ1) is 11.8. The fraction of sp³-hybridized carbons (Fsp3) is 0.800. The van der Waals surface area contributed by atoms with Crippen molar-refractivity contribution in [1.29, 1.82) is 0 Å². The molecule has 0 saturated carbocycles. The van der Waals surface area contributed by atoms with E-state index >= 15 is 0 Å². The molecule has 0 radical (unpaired) electrons. The fourth-order valence-electron chi connectivity index (χ4n) is 1.19. The second kappa shape index (κ2) is 3.41. The predicted molar refractivity (Wildman–Crippen MR) is 50.7 cm³/mol. The number of hydrogen-bond donors (Lipinski definition) is 2. The number of carbonyl (C=O) groups is 1. The number of alkyl halides is 1. The minimum Gasteiger partial charge on any atom is -0.327 e. The lowest BCUT2D eigenvalue weighted by atomic mass is 10.1. The molecule has 0 spiro atoms. The third-order valence-corrected chi connectivity index (χ3v) is 3.88. The number of nitrogens with one attached hydrogen (secondary N) is 1. The maximum absolute atomic E-state index is 11.0. The van der Waals surface area contributed by atoms with Crippen molar-refractivity contribution >= 4 is 39.5 Å². The van der Waals surface area contributed by atoms with Crippen molar-refractivity contribution in [2.45, 2.75) is 18.0 Å². The van der Waals surface area contributed by atoms with Crippen LogP contribution < -0.4 is 5.32 Å². The smallest absolute Gasteiger partial charge is 0.327 e. The molecule has 2 amide bonds. The van der Waals surface area contributed by atoms with E-state index in [0.29, 0.717) is 4.42 Å². The Labute approximate surface area is 91.0 Å². The lowest BCUT2D eigenvalue weighted by molar-refractivity contribution is 0.235. The van der Waals surface area contributed by atoms with Crippen LogP contribution >= 0.6 is 23.4 Å². The molecule has 1 aliphatic heterocycles. The zero-order valence-corrected chi connectivity index (χ0v) is 9.40. The van der Waals surface area contributed by atoms with Crippen LogP contribution in [0.1, 0.15) is 6.92 Å². The van der Waals surface area contributed by atoms with Gasteiger partial charge in [0.05, 0.1) is 5.54 Å². The maximum Gasteiger partial charge on any atom is 0.334 e. The van der Waals surface area contributed by atoms with E-state index in [1.54, 1.807) is 0 Å². The number of nitrogens with zero attached hydrogens (tertiary/aromatic N) is 1. The molecule has 1 heterocycles. The normalized spacial score (nSPS) is 33.3. The first-order chi connectivity index (χ1) is 6.16. The van der Waals surface area contributed by atoms with Gasteiger partial charge in [0.15, 0.2) is 0 Å². The molecule has 9 heteroatoms. The van der Waals surface area contributed by atoms with Gasteiger partial charge in [-0.2, -0.15) is 8.42 Å². The van der Waals surface area contributed by atoms with Gasteiger partial charge in [0.2, 0.25) is 0 Å². The zero-order valence-electron chi connectivity index (χ0n) is 7.07. The van der Waals surface area contributed by atoms with Gasteiger partial charge in [-0.25, -0.2) is 9.21 Å². The third kappa shape index (κ3) is 2.22. The van der Waals surface area contributed by atoms with Gasteiger partial charge < -0.3 is 5.32 Å². The maximum atomic E-state index is 11.0. The number of carbonyl (C=O) groups excluding carboxylic acids is 1. The zero-order chi connectivity index (χ0) is 11.1. The molecule has 14 heavy (non-hydrogen) atoms. The minimum absolute atomic E-state index is 0.646. The Morgan fingerprint density at radius 1 is 1.71 bits per heavy atom. The van der Waals surface area contributed by atoms with E-state index < -0.39 is 32.9 Å². The summed E-state index contributed by atoms with van der Waals surface area (Å²) in [6.07, 6.45) is 0. The van der Waals surface area contributed by atoms with Crippen LogP contribution in [0.15, 0.2) is 0 Å². The van der Waals surface area contributed by atoms with Crippen molar-refractivity contribution in [2.24, 2.45) is 0 Å². The van der Waals surface area contributed by atoms with Gasteiger partial charge in [-0.15, -0.1) is 0 Å². The largest absolute Gasteiger partial charge is 0.334 e. The number of hydrogen-bond acceptors (Lipinski definition) is 3. The van der Waals surface area contributed by atoms with E-state index in [9.17, 15) is 13.2 Å². The highest BCUT2D eigenvalue weighted by Crippen LogP contribution is 2.29. The average molecular weight is 263 g/mol. The van der Waals surface area contributed by atoms with Crippen LogP contribution in [0.4, 0.5) is 4.79 Å². The molecule has 2 unspecified atom stereocenters. The molecular weight excluding hydrogens is 255 g/mol. The predicted octanol–water partition coefficient (Wildman–Crippen LogP) is 0.377. The summed E-state index contributed by atoms with van der Waals surface area (Å²) in [7, 11) is -4.23. The van der Waals surface area contributed by atoms with Crippen LogP contribution in [0.5, 0.6) is 0 Å². The van der Waals surface area contributed by atoms with Gasteiger partial charge in [0, 0.05) is 11.8 Å². The summed E-state index contributed by atoms with van der Waals surface area (Å²) in [4.78, 5) is 11.0. The molecule has 0 aromatic heterocycles. The molecule has 82 valence electrons. The standard InChI is InChI=1S/C5H8Cl2N2O4S/c1-5(2-14(11,12)13)3(6)9(7)4(10)8-5/h3H,2H2,1H3,(H,8,10)(H,11,12,13). The Balaban J connectivity index is 2.92. The van der Waals surface area contributed by atoms with Crippen molar-refractivity contribution in [2.75, 3.05) is 5.75 Å². The Kier molecular flexibility index (Phi) is 2.88. The second-order valence-corrected chi connectivity index (χ2v) is 5.45. The lowest BCUT2D eigenvalue weighted by Gasteiger charge is -2.24. The van der Waals surface area contributed by atoms with E-state index in [4.69, 9.17) is 27.9 Å². The molecule has 2 N–H and O–H groups in total. The molecule has 1 fully saturated rings. The molecule has 1 rings (SSSR count). The first-order valence-corrected chi connectivity index (χ1v) is 5.90. The first-order valence-electron chi connectivity index (χ1n) is 3.52. The monoisotopic (exact) mass is 262 g/mol. The van der Waals surface area contributed by atoms with Crippen LogP contribution in [0.2, 0.25) is 0 Å². The highest BCUT2D eigenvalue weighted by Gasteiger charge is 2.49. The average Bonchev–Trinajstić information content (AvgIpc) is 2.11. The van der Waals surface area contributed by atoms with Crippen LogP contribution in [0.25, 0.3) is 0 Å². The SMILES string of the molecule is CC1(CS(=O)(=O)O)NC(=O)N(Cl)C1Cl. The van der Waals surface area contributed by atoms with E-state index in [-0.39, 0.29) is 0 Å². The summed E-state index contributed by atoms with van der Waals surface area (Å²) in [5, 5.41) is 2.27. The molecule has 0 bridgehead atoms. The molecule has 6 nitrogen and oxygen atoms in total. The molecule has 1 aliphatic rings. The molecule has 0 aromatic rings. The number of urea groups is 1. The second-order valence-electron chi connectivity index (χ2n) is 3.22. The summed E-state index contributed by atoms with van der Waals surface area (Å²) < 4.78 is 30.6. The van der Waals surface area contributed by atoms with Crippen molar-refractivity contribution < 1.29 is 17.8 Å². The van der Waals surface area contributed by atoms with Crippen LogP contribution in [0.3, 0.4) is 0 Å². The van der Waals surface area contributed by atoms with Gasteiger partial charge in [-0.05, 0) is 6.92 Å². The Hall–Kier alpha value is -0.240. The molecule has 0 aromatic carbocycles. The van der Waals surface area contributed by atoms with E-state index in [0.717, 1.165) is 0 Å². The van der Waals surface area contributed by atoms with Crippen LogP contribution in [0, 0.1) is 0 Å². The lowest BCUT2D eigenvalue weighted by Crippen LogP contribution is -2.49.